The number of carbonyl (C=O) groups is 1. The van der Waals surface area contributed by atoms with Crippen molar-refractivity contribution >= 4 is 28.5 Å². The highest BCUT2D eigenvalue weighted by Crippen LogP contribution is 2.41. The summed E-state index contributed by atoms with van der Waals surface area (Å²) < 4.78 is 0. The van der Waals surface area contributed by atoms with Crippen LogP contribution in [0.25, 0.3) is 5.70 Å². The first kappa shape index (κ1) is 22.1. The second-order valence-electron chi connectivity index (χ2n) is 9.77. The SMILES string of the molecule is Cc1cccc(N=NC(=C2C=C(C(C)(C)C)C(=O)C(C(C)(C)C)=C2)c2cccs2)c1. The maximum atomic E-state index is 13.3. The topological polar surface area (TPSA) is 41.8 Å². The van der Waals surface area contributed by atoms with Crippen LogP contribution in [0.3, 0.4) is 0 Å². The number of benzene rings is 1. The van der Waals surface area contributed by atoms with Gasteiger partial charge in [-0.3, -0.25) is 4.79 Å². The van der Waals surface area contributed by atoms with Crippen molar-refractivity contribution in [3.63, 3.8) is 0 Å². The molecule has 0 unspecified atom stereocenters. The summed E-state index contributed by atoms with van der Waals surface area (Å²) in [5.41, 5.74) is 4.78. The molecule has 1 aliphatic carbocycles. The van der Waals surface area contributed by atoms with E-state index in [9.17, 15) is 4.79 Å². The number of rotatable bonds is 3. The van der Waals surface area contributed by atoms with Crippen molar-refractivity contribution in [2.24, 2.45) is 21.1 Å². The Labute approximate surface area is 184 Å². The van der Waals surface area contributed by atoms with Gasteiger partial charge in [0, 0.05) is 16.7 Å². The molecule has 156 valence electrons. The van der Waals surface area contributed by atoms with Gasteiger partial charge in [-0.1, -0.05) is 59.7 Å². The van der Waals surface area contributed by atoms with Gasteiger partial charge in [-0.2, -0.15) is 5.11 Å². The molecule has 0 fully saturated rings. The zero-order valence-electron chi connectivity index (χ0n) is 18.9. The van der Waals surface area contributed by atoms with E-state index in [4.69, 9.17) is 0 Å². The van der Waals surface area contributed by atoms with E-state index >= 15 is 0 Å². The maximum absolute atomic E-state index is 13.3. The number of carbonyl (C=O) groups excluding carboxylic acids is 1. The highest BCUT2D eigenvalue weighted by atomic mass is 32.1. The molecule has 0 spiro atoms. The molecule has 0 aliphatic heterocycles. The molecule has 0 amide bonds. The van der Waals surface area contributed by atoms with Crippen molar-refractivity contribution < 1.29 is 4.79 Å². The second kappa shape index (κ2) is 8.27. The summed E-state index contributed by atoms with van der Waals surface area (Å²) in [5.74, 6) is 0.125. The Morgan fingerprint density at radius 3 is 2.03 bits per heavy atom. The molecule has 1 aromatic heterocycles. The molecule has 0 saturated heterocycles. The Kier molecular flexibility index (Phi) is 6.09. The van der Waals surface area contributed by atoms with Crippen LogP contribution in [0, 0.1) is 17.8 Å². The van der Waals surface area contributed by atoms with Crippen molar-refractivity contribution in [2.75, 3.05) is 0 Å². The molecule has 30 heavy (non-hydrogen) atoms. The van der Waals surface area contributed by atoms with Gasteiger partial charge in [-0.05, 0) is 59.0 Å². The summed E-state index contributed by atoms with van der Waals surface area (Å²) in [6, 6.07) is 12.0. The lowest BCUT2D eigenvalue weighted by atomic mass is 9.71. The number of hydrogen-bond donors (Lipinski definition) is 0. The predicted molar refractivity (Wildman–Crippen MR) is 127 cm³/mol. The summed E-state index contributed by atoms with van der Waals surface area (Å²) >= 11 is 1.63. The average Bonchev–Trinajstić information content (AvgIpc) is 3.15. The first-order chi connectivity index (χ1) is 14.0. The largest absolute Gasteiger partial charge is 0.289 e. The van der Waals surface area contributed by atoms with Crippen molar-refractivity contribution in [1.29, 1.82) is 0 Å². The lowest BCUT2D eigenvalue weighted by molar-refractivity contribution is -0.114. The van der Waals surface area contributed by atoms with Gasteiger partial charge in [0.05, 0.1) is 10.6 Å². The molecular formula is C26H30N2OS. The van der Waals surface area contributed by atoms with Crippen molar-refractivity contribution in [1.82, 2.24) is 0 Å². The summed E-state index contributed by atoms with van der Waals surface area (Å²) in [6.07, 6.45) is 4.00. The van der Waals surface area contributed by atoms with E-state index in [0.717, 1.165) is 38.5 Å². The molecule has 0 saturated carbocycles. The van der Waals surface area contributed by atoms with E-state index in [0.29, 0.717) is 0 Å². The number of Topliss-reactive ketones (excluding diaryl/α,β-unsaturated/α-hetero) is 1. The molecular weight excluding hydrogens is 388 g/mol. The third kappa shape index (κ3) is 4.93. The standard InChI is InChI=1S/C26H30N2OS/c1-17-10-8-11-19(14-17)27-28-23(22-12-9-13-30-22)18-15-20(25(2,3)4)24(29)21(16-18)26(5,6)7/h8-16H,1-7H3. The van der Waals surface area contributed by atoms with Crippen LogP contribution in [0.15, 0.2) is 80.9 Å². The average molecular weight is 419 g/mol. The first-order valence-corrected chi connectivity index (χ1v) is 11.1. The van der Waals surface area contributed by atoms with E-state index < -0.39 is 0 Å². The monoisotopic (exact) mass is 418 g/mol. The van der Waals surface area contributed by atoms with Crippen LogP contribution < -0.4 is 0 Å². The van der Waals surface area contributed by atoms with Gasteiger partial charge >= 0.3 is 0 Å². The molecule has 1 aliphatic rings. The maximum Gasteiger partial charge on any atom is 0.186 e. The predicted octanol–water partition coefficient (Wildman–Crippen LogP) is 8.08. The lowest BCUT2D eigenvalue weighted by Gasteiger charge is -2.31. The van der Waals surface area contributed by atoms with Gasteiger partial charge in [0.1, 0.15) is 5.70 Å². The molecule has 0 N–H and O–H groups in total. The number of ketones is 1. The highest BCUT2D eigenvalue weighted by molar-refractivity contribution is 7.11. The van der Waals surface area contributed by atoms with E-state index in [1.807, 2.05) is 60.9 Å². The van der Waals surface area contributed by atoms with Crippen LogP contribution in [0.5, 0.6) is 0 Å². The number of thiophene rings is 1. The van der Waals surface area contributed by atoms with Gasteiger partial charge in [0.25, 0.3) is 0 Å². The summed E-state index contributed by atoms with van der Waals surface area (Å²) in [4.78, 5) is 14.3. The van der Waals surface area contributed by atoms with E-state index in [-0.39, 0.29) is 16.6 Å². The van der Waals surface area contributed by atoms with Gasteiger partial charge < -0.3 is 0 Å². The molecule has 0 bridgehead atoms. The minimum atomic E-state index is -0.263. The smallest absolute Gasteiger partial charge is 0.186 e. The number of nitrogens with zero attached hydrogens (tertiary/aromatic N) is 2. The van der Waals surface area contributed by atoms with E-state index in [1.165, 1.54) is 0 Å². The number of hydrogen-bond acceptors (Lipinski definition) is 4. The van der Waals surface area contributed by atoms with Crippen LogP contribution in [-0.4, -0.2) is 5.78 Å². The molecule has 2 aromatic rings. The van der Waals surface area contributed by atoms with E-state index in [2.05, 4.69) is 51.8 Å². The second-order valence-corrected chi connectivity index (χ2v) is 10.7. The van der Waals surface area contributed by atoms with E-state index in [1.54, 1.807) is 11.3 Å². The first-order valence-electron chi connectivity index (χ1n) is 10.2. The molecule has 1 aromatic carbocycles. The summed E-state index contributed by atoms with van der Waals surface area (Å²) in [7, 11) is 0. The zero-order chi connectivity index (χ0) is 22.1. The fourth-order valence-corrected chi connectivity index (χ4v) is 4.07. The number of azo groups is 1. The highest BCUT2D eigenvalue weighted by Gasteiger charge is 2.34. The number of allylic oxidation sites excluding steroid dienone is 5. The Hall–Kier alpha value is -2.59. The Morgan fingerprint density at radius 2 is 1.53 bits per heavy atom. The van der Waals surface area contributed by atoms with Crippen molar-refractivity contribution in [2.45, 2.75) is 48.5 Å². The third-order valence-electron chi connectivity index (χ3n) is 5.00. The molecule has 0 atom stereocenters. The van der Waals surface area contributed by atoms with Crippen molar-refractivity contribution in [3.05, 3.63) is 81.1 Å². The van der Waals surface area contributed by atoms with Gasteiger partial charge in [0.15, 0.2) is 5.78 Å². The molecule has 1 heterocycles. The van der Waals surface area contributed by atoms with Crippen molar-refractivity contribution in [3.8, 4) is 0 Å². The number of aryl methyl sites for hydroxylation is 1. The molecule has 4 heteroatoms. The van der Waals surface area contributed by atoms with Crippen LogP contribution in [0.4, 0.5) is 5.69 Å². The van der Waals surface area contributed by atoms with Crippen LogP contribution in [0.1, 0.15) is 52.0 Å². The van der Waals surface area contributed by atoms with Crippen LogP contribution in [-0.2, 0) is 4.79 Å². The Balaban J connectivity index is 2.24. The minimum Gasteiger partial charge on any atom is -0.289 e. The molecule has 0 radical (unpaired) electrons. The van der Waals surface area contributed by atoms with Gasteiger partial charge in [-0.25, -0.2) is 0 Å². The Morgan fingerprint density at radius 1 is 0.900 bits per heavy atom. The van der Waals surface area contributed by atoms with Crippen LogP contribution >= 0.6 is 11.3 Å². The zero-order valence-corrected chi connectivity index (χ0v) is 19.7. The minimum absolute atomic E-state index is 0.125. The Bertz CT molecular complexity index is 1030. The fourth-order valence-electron chi connectivity index (χ4n) is 3.34. The van der Waals surface area contributed by atoms with Gasteiger partial charge in [0.2, 0.25) is 0 Å². The third-order valence-corrected chi connectivity index (χ3v) is 5.88. The molecule has 3 rings (SSSR count). The summed E-state index contributed by atoms with van der Waals surface area (Å²) in [5, 5.41) is 11.2. The fraction of sp³-hybridized carbons (Fsp3) is 0.346. The lowest BCUT2D eigenvalue weighted by Crippen LogP contribution is -2.28. The normalized spacial score (nSPS) is 15.4. The quantitative estimate of drug-likeness (QED) is 0.464. The summed E-state index contributed by atoms with van der Waals surface area (Å²) in [6.45, 7) is 14.5. The molecule has 3 nitrogen and oxygen atoms in total. The van der Waals surface area contributed by atoms with Gasteiger partial charge in [-0.15, -0.1) is 16.5 Å². The van der Waals surface area contributed by atoms with Crippen LogP contribution in [0.2, 0.25) is 0 Å².